The number of nitro benzene ring substituents is 2. The van der Waals surface area contributed by atoms with Gasteiger partial charge in [-0.25, -0.2) is 0 Å². The van der Waals surface area contributed by atoms with E-state index in [0.29, 0.717) is 11.1 Å². The van der Waals surface area contributed by atoms with Crippen molar-refractivity contribution >= 4 is 11.4 Å². The molecule has 0 amide bonds. The smallest absolute Gasteiger partial charge is 0.311 e. The van der Waals surface area contributed by atoms with Gasteiger partial charge in [-0.2, -0.15) is 0 Å². The predicted molar refractivity (Wildman–Crippen MR) is 77.1 cm³/mol. The lowest BCUT2D eigenvalue weighted by Crippen LogP contribution is -1.96. The van der Waals surface area contributed by atoms with Crippen LogP contribution in [0.3, 0.4) is 0 Å². The van der Waals surface area contributed by atoms with Crippen LogP contribution in [-0.2, 0) is 0 Å². The number of hydrogen-bond acceptors (Lipinski definition) is 6. The first-order valence-electron chi connectivity index (χ1n) is 6.04. The first kappa shape index (κ1) is 15.2. The molecular weight excluding hydrogens is 292 g/mol. The van der Waals surface area contributed by atoms with Crippen molar-refractivity contribution in [1.82, 2.24) is 0 Å². The topological polar surface area (TPSA) is 105 Å². The van der Waals surface area contributed by atoms with E-state index in [4.69, 9.17) is 9.47 Å². The van der Waals surface area contributed by atoms with Crippen LogP contribution in [0.1, 0.15) is 0 Å². The Bertz CT molecular complexity index is 744. The molecule has 2 rings (SSSR count). The standard InChI is InChI=1S/C14H11N2O6/c1-21-13-6-4-10(15(17)18)8-11(13)9-3-5-14(22-2)12(7-9)16(19)20/h3-5,7-8H,1-2H3. The highest BCUT2D eigenvalue weighted by Gasteiger charge is 2.19. The quantitative estimate of drug-likeness (QED) is 0.621. The van der Waals surface area contributed by atoms with Gasteiger partial charge in [-0.15, -0.1) is 0 Å². The average Bonchev–Trinajstić information content (AvgIpc) is 2.53. The molecular formula is C14H11N2O6. The molecule has 0 aliphatic carbocycles. The third kappa shape index (κ3) is 2.80. The summed E-state index contributed by atoms with van der Waals surface area (Å²) in [5.74, 6) is 0.354. The molecule has 0 aliphatic rings. The number of non-ortho nitro benzene ring substituents is 1. The molecule has 0 N–H and O–H groups in total. The number of nitro groups is 2. The fourth-order valence-electron chi connectivity index (χ4n) is 1.96. The Morgan fingerprint density at radius 3 is 2.32 bits per heavy atom. The third-order valence-electron chi connectivity index (χ3n) is 2.99. The van der Waals surface area contributed by atoms with Crippen LogP contribution in [0.5, 0.6) is 11.5 Å². The van der Waals surface area contributed by atoms with Gasteiger partial charge in [-0.3, -0.25) is 20.2 Å². The zero-order chi connectivity index (χ0) is 16.3. The largest absolute Gasteiger partial charge is 0.495 e. The van der Waals surface area contributed by atoms with Gasteiger partial charge >= 0.3 is 5.69 Å². The first-order chi connectivity index (χ1) is 10.5. The fourth-order valence-corrected chi connectivity index (χ4v) is 1.96. The zero-order valence-electron chi connectivity index (χ0n) is 11.7. The Labute approximate surface area is 125 Å². The summed E-state index contributed by atoms with van der Waals surface area (Å²) in [5, 5.41) is 21.9. The van der Waals surface area contributed by atoms with Crippen LogP contribution in [0.15, 0.2) is 30.3 Å². The van der Waals surface area contributed by atoms with Crippen molar-refractivity contribution in [1.29, 1.82) is 0 Å². The molecule has 0 saturated carbocycles. The van der Waals surface area contributed by atoms with Crippen LogP contribution in [0, 0.1) is 26.3 Å². The normalized spacial score (nSPS) is 10.1. The summed E-state index contributed by atoms with van der Waals surface area (Å²) in [5.41, 5.74) is 0.301. The molecule has 2 aromatic carbocycles. The number of hydrogen-bond donors (Lipinski definition) is 0. The van der Waals surface area contributed by atoms with Crippen LogP contribution < -0.4 is 9.47 Å². The summed E-state index contributed by atoms with van der Waals surface area (Å²) in [6, 6.07) is 9.36. The predicted octanol–water partition coefficient (Wildman–Crippen LogP) is 2.99. The molecule has 0 unspecified atom stereocenters. The highest BCUT2D eigenvalue weighted by Crippen LogP contribution is 2.37. The lowest BCUT2D eigenvalue weighted by Gasteiger charge is -2.09. The minimum Gasteiger partial charge on any atom is -0.495 e. The second-order valence-electron chi connectivity index (χ2n) is 4.21. The fraction of sp³-hybridized carbons (Fsp3) is 0.143. The van der Waals surface area contributed by atoms with E-state index in [9.17, 15) is 20.2 Å². The molecule has 0 aliphatic heterocycles. The highest BCUT2D eigenvalue weighted by atomic mass is 16.6. The lowest BCUT2D eigenvalue weighted by molar-refractivity contribution is -0.385. The van der Waals surface area contributed by atoms with Gasteiger partial charge in [0.2, 0.25) is 0 Å². The molecule has 0 spiro atoms. The summed E-state index contributed by atoms with van der Waals surface area (Å²) in [4.78, 5) is 20.8. The molecule has 0 atom stereocenters. The van der Waals surface area contributed by atoms with E-state index in [1.165, 1.54) is 38.5 Å². The molecule has 22 heavy (non-hydrogen) atoms. The monoisotopic (exact) mass is 303 g/mol. The zero-order valence-corrected chi connectivity index (χ0v) is 11.7. The molecule has 0 bridgehead atoms. The molecule has 0 fully saturated rings. The van der Waals surface area contributed by atoms with Crippen molar-refractivity contribution in [2.24, 2.45) is 0 Å². The van der Waals surface area contributed by atoms with Crippen molar-refractivity contribution in [3.63, 3.8) is 0 Å². The van der Waals surface area contributed by atoms with E-state index in [1.54, 1.807) is 6.07 Å². The van der Waals surface area contributed by atoms with Crippen molar-refractivity contribution in [3.8, 4) is 22.6 Å². The van der Waals surface area contributed by atoms with Gasteiger partial charge in [0.25, 0.3) is 5.69 Å². The lowest BCUT2D eigenvalue weighted by atomic mass is 10.0. The van der Waals surface area contributed by atoms with Crippen LogP contribution in [-0.4, -0.2) is 24.1 Å². The molecule has 2 aromatic rings. The van der Waals surface area contributed by atoms with Gasteiger partial charge in [0, 0.05) is 29.8 Å². The molecule has 113 valence electrons. The second kappa shape index (κ2) is 6.08. The van der Waals surface area contributed by atoms with E-state index >= 15 is 0 Å². The Morgan fingerprint density at radius 1 is 1.05 bits per heavy atom. The maximum atomic E-state index is 11.1. The number of ether oxygens (including phenoxy) is 2. The maximum absolute atomic E-state index is 11.1. The number of benzene rings is 2. The SMILES string of the molecule is COc1[c]cc([N+](=O)[O-])cc1-c1ccc(OC)c([N+](=O)[O-])c1. The Kier molecular flexibility index (Phi) is 4.21. The first-order valence-corrected chi connectivity index (χ1v) is 6.04. The Morgan fingerprint density at radius 2 is 1.77 bits per heavy atom. The molecule has 0 heterocycles. The average molecular weight is 303 g/mol. The molecule has 8 nitrogen and oxygen atoms in total. The van der Waals surface area contributed by atoms with Gasteiger partial charge in [0.15, 0.2) is 5.75 Å². The Balaban J connectivity index is 2.64. The van der Waals surface area contributed by atoms with E-state index in [2.05, 4.69) is 6.07 Å². The number of nitrogens with zero attached hydrogens (tertiary/aromatic N) is 2. The van der Waals surface area contributed by atoms with Crippen LogP contribution in [0.25, 0.3) is 11.1 Å². The van der Waals surface area contributed by atoms with Crippen molar-refractivity contribution in [2.75, 3.05) is 14.2 Å². The van der Waals surface area contributed by atoms with E-state index < -0.39 is 9.85 Å². The van der Waals surface area contributed by atoms with Gasteiger partial charge in [-0.05, 0) is 11.6 Å². The molecule has 0 aromatic heterocycles. The minimum atomic E-state index is -0.587. The summed E-state index contributed by atoms with van der Waals surface area (Å²) in [6.45, 7) is 0. The van der Waals surface area contributed by atoms with Gasteiger partial charge in [-0.1, -0.05) is 6.07 Å². The molecule has 8 heteroatoms. The Hall–Kier alpha value is -3.16. The maximum Gasteiger partial charge on any atom is 0.311 e. The van der Waals surface area contributed by atoms with Crippen molar-refractivity contribution in [2.45, 2.75) is 0 Å². The van der Waals surface area contributed by atoms with Crippen molar-refractivity contribution < 1.29 is 19.3 Å². The van der Waals surface area contributed by atoms with Crippen molar-refractivity contribution in [3.05, 3.63) is 56.6 Å². The minimum absolute atomic E-state index is 0.0992. The van der Waals surface area contributed by atoms with Crippen LogP contribution in [0.4, 0.5) is 11.4 Å². The van der Waals surface area contributed by atoms with Gasteiger partial charge in [0.1, 0.15) is 5.75 Å². The van der Waals surface area contributed by atoms with Gasteiger partial charge < -0.3 is 9.47 Å². The van der Waals surface area contributed by atoms with E-state index in [0.717, 1.165) is 0 Å². The summed E-state index contributed by atoms with van der Waals surface area (Å²) < 4.78 is 10.0. The summed E-state index contributed by atoms with van der Waals surface area (Å²) in [7, 11) is 2.71. The number of rotatable bonds is 5. The highest BCUT2D eigenvalue weighted by molar-refractivity contribution is 5.75. The van der Waals surface area contributed by atoms with E-state index in [1.807, 2.05) is 0 Å². The number of methoxy groups -OCH3 is 2. The van der Waals surface area contributed by atoms with E-state index in [-0.39, 0.29) is 22.9 Å². The van der Waals surface area contributed by atoms with Gasteiger partial charge in [0.05, 0.1) is 24.1 Å². The third-order valence-corrected chi connectivity index (χ3v) is 2.99. The van der Waals surface area contributed by atoms with Crippen LogP contribution >= 0.6 is 0 Å². The summed E-state index contributed by atoms with van der Waals surface area (Å²) in [6.07, 6.45) is 0. The molecule has 1 radical (unpaired) electrons. The summed E-state index contributed by atoms with van der Waals surface area (Å²) >= 11 is 0. The van der Waals surface area contributed by atoms with Crippen LogP contribution in [0.2, 0.25) is 0 Å². The molecule has 0 saturated heterocycles. The second-order valence-corrected chi connectivity index (χ2v) is 4.21.